The van der Waals surface area contributed by atoms with Crippen molar-refractivity contribution in [2.75, 3.05) is 0 Å². The molecule has 0 unspecified atom stereocenters. The highest BCUT2D eigenvalue weighted by atomic mass is 16.6. The fourth-order valence-electron chi connectivity index (χ4n) is 1.84. The maximum Gasteiger partial charge on any atom is 0.269 e. The third-order valence-electron chi connectivity index (χ3n) is 2.85. The average molecular weight is 275 g/mol. The van der Waals surface area contributed by atoms with Crippen molar-refractivity contribution in [3.05, 3.63) is 50.3 Å². The Kier molecular flexibility index (Phi) is 3.79. The minimum absolute atomic E-state index is 0.0528. The molecule has 0 bridgehead atoms. The first-order chi connectivity index (χ1) is 9.52. The van der Waals surface area contributed by atoms with E-state index in [-0.39, 0.29) is 23.0 Å². The van der Waals surface area contributed by atoms with Crippen molar-refractivity contribution in [1.82, 2.24) is 9.97 Å². The van der Waals surface area contributed by atoms with Gasteiger partial charge in [0.25, 0.3) is 11.2 Å². The summed E-state index contributed by atoms with van der Waals surface area (Å²) in [5.41, 5.74) is 0.292. The predicted octanol–water partition coefficient (Wildman–Crippen LogP) is 2.00. The maximum absolute atomic E-state index is 11.8. The number of aromatic hydroxyl groups is 1. The third kappa shape index (κ3) is 2.66. The van der Waals surface area contributed by atoms with Crippen molar-refractivity contribution in [3.63, 3.8) is 0 Å². The fraction of sp³-hybridized carbons (Fsp3) is 0.231. The van der Waals surface area contributed by atoms with Gasteiger partial charge < -0.3 is 10.1 Å². The largest absolute Gasteiger partial charge is 0.493 e. The Bertz CT molecular complexity index is 692. The number of hydrogen-bond acceptors (Lipinski definition) is 5. The molecule has 1 aromatic carbocycles. The molecule has 0 aliphatic carbocycles. The molecular formula is C13H13N3O4. The van der Waals surface area contributed by atoms with Gasteiger partial charge >= 0.3 is 0 Å². The fourth-order valence-corrected chi connectivity index (χ4v) is 1.84. The van der Waals surface area contributed by atoms with Gasteiger partial charge in [0.1, 0.15) is 5.82 Å². The van der Waals surface area contributed by atoms with Crippen LogP contribution in [0.5, 0.6) is 5.88 Å². The molecular weight excluding hydrogens is 262 g/mol. The number of nitro benzene ring substituents is 1. The van der Waals surface area contributed by atoms with Gasteiger partial charge in [-0.2, -0.15) is 4.98 Å². The van der Waals surface area contributed by atoms with Crippen LogP contribution >= 0.6 is 0 Å². The second kappa shape index (κ2) is 5.52. The van der Waals surface area contributed by atoms with Gasteiger partial charge in [-0.25, -0.2) is 0 Å². The number of nitrogens with zero attached hydrogens (tertiary/aromatic N) is 2. The number of H-pyrrole nitrogens is 1. The lowest BCUT2D eigenvalue weighted by Crippen LogP contribution is -2.15. The average Bonchev–Trinajstić information content (AvgIpc) is 2.42. The van der Waals surface area contributed by atoms with Gasteiger partial charge in [-0.15, -0.1) is 0 Å². The van der Waals surface area contributed by atoms with Gasteiger partial charge in [-0.05, 0) is 18.6 Å². The number of rotatable bonds is 4. The molecule has 1 heterocycles. The zero-order chi connectivity index (χ0) is 14.7. The molecule has 0 aliphatic heterocycles. The highest BCUT2D eigenvalue weighted by Gasteiger charge is 2.12. The molecule has 0 saturated heterocycles. The zero-order valence-electron chi connectivity index (χ0n) is 10.8. The standard InChI is InChI=1S/C13H13N3O4/c1-2-3-10-12(17)14-11(15-13(10)18)8-4-6-9(7-5-8)16(19)20/h4-7H,2-3H2,1H3,(H2,14,15,17,18). The lowest BCUT2D eigenvalue weighted by atomic mass is 10.1. The number of non-ortho nitro benzene ring substituents is 1. The molecule has 7 nitrogen and oxygen atoms in total. The van der Waals surface area contributed by atoms with Crippen LogP contribution < -0.4 is 5.56 Å². The van der Waals surface area contributed by atoms with Crippen LogP contribution in [0.3, 0.4) is 0 Å². The van der Waals surface area contributed by atoms with Crippen LogP contribution in [-0.2, 0) is 6.42 Å². The van der Waals surface area contributed by atoms with Crippen molar-refractivity contribution < 1.29 is 10.0 Å². The number of nitrogens with one attached hydrogen (secondary N) is 1. The van der Waals surface area contributed by atoms with E-state index in [1.165, 1.54) is 24.3 Å². The molecule has 0 aliphatic rings. The number of aromatic nitrogens is 2. The van der Waals surface area contributed by atoms with Crippen LogP contribution in [0.15, 0.2) is 29.1 Å². The van der Waals surface area contributed by atoms with Crippen molar-refractivity contribution in [2.45, 2.75) is 19.8 Å². The SMILES string of the molecule is CCCc1c(O)nc(-c2ccc([N+](=O)[O-])cc2)[nH]c1=O. The highest BCUT2D eigenvalue weighted by Crippen LogP contribution is 2.21. The molecule has 2 N–H and O–H groups in total. The smallest absolute Gasteiger partial charge is 0.269 e. The lowest BCUT2D eigenvalue weighted by Gasteiger charge is -2.05. The summed E-state index contributed by atoms with van der Waals surface area (Å²) in [5, 5.41) is 20.3. The highest BCUT2D eigenvalue weighted by molar-refractivity contribution is 5.57. The van der Waals surface area contributed by atoms with Gasteiger partial charge in [0.15, 0.2) is 0 Å². The van der Waals surface area contributed by atoms with Crippen LogP contribution in [0.4, 0.5) is 5.69 Å². The summed E-state index contributed by atoms with van der Waals surface area (Å²) in [5.74, 6) is -0.119. The minimum Gasteiger partial charge on any atom is -0.493 e. The first kappa shape index (κ1) is 13.7. The zero-order valence-corrected chi connectivity index (χ0v) is 10.8. The third-order valence-corrected chi connectivity index (χ3v) is 2.85. The van der Waals surface area contributed by atoms with Gasteiger partial charge in [-0.1, -0.05) is 13.3 Å². The quantitative estimate of drug-likeness (QED) is 0.655. The van der Waals surface area contributed by atoms with Crippen LogP contribution in [0.1, 0.15) is 18.9 Å². The molecule has 0 atom stereocenters. The first-order valence-corrected chi connectivity index (χ1v) is 6.10. The van der Waals surface area contributed by atoms with Crippen molar-refractivity contribution in [2.24, 2.45) is 0 Å². The Labute approximate surface area is 114 Å². The molecule has 0 radical (unpaired) electrons. The molecule has 20 heavy (non-hydrogen) atoms. The monoisotopic (exact) mass is 275 g/mol. The van der Waals surface area contributed by atoms with E-state index in [9.17, 15) is 20.0 Å². The van der Waals surface area contributed by atoms with Crippen LogP contribution in [0, 0.1) is 10.1 Å². The van der Waals surface area contributed by atoms with Crippen molar-refractivity contribution in [1.29, 1.82) is 0 Å². The molecule has 2 rings (SSSR count). The maximum atomic E-state index is 11.8. The summed E-state index contributed by atoms with van der Waals surface area (Å²) in [6.45, 7) is 1.89. The van der Waals surface area contributed by atoms with Gasteiger partial charge in [-0.3, -0.25) is 14.9 Å². The Hall–Kier alpha value is -2.70. The van der Waals surface area contributed by atoms with E-state index in [2.05, 4.69) is 9.97 Å². The first-order valence-electron chi connectivity index (χ1n) is 6.10. The summed E-state index contributed by atoms with van der Waals surface area (Å²) in [6.07, 6.45) is 1.16. The molecule has 1 aromatic heterocycles. The summed E-state index contributed by atoms with van der Waals surface area (Å²) in [6, 6.07) is 5.56. The molecule has 7 heteroatoms. The van der Waals surface area contributed by atoms with Crippen LogP contribution in [0.2, 0.25) is 0 Å². The van der Waals surface area contributed by atoms with Crippen LogP contribution in [-0.4, -0.2) is 20.0 Å². The van der Waals surface area contributed by atoms with E-state index >= 15 is 0 Å². The van der Waals surface area contributed by atoms with E-state index in [0.29, 0.717) is 12.0 Å². The summed E-state index contributed by atoms with van der Waals surface area (Å²) in [4.78, 5) is 28.4. The van der Waals surface area contributed by atoms with Crippen molar-refractivity contribution in [3.8, 4) is 17.3 Å². The Morgan fingerprint density at radius 3 is 2.50 bits per heavy atom. The summed E-state index contributed by atoms with van der Waals surface area (Å²) < 4.78 is 0. The molecule has 104 valence electrons. The normalized spacial score (nSPS) is 10.4. The van der Waals surface area contributed by atoms with E-state index in [1.807, 2.05) is 6.92 Å². The number of hydrogen-bond donors (Lipinski definition) is 2. The van der Waals surface area contributed by atoms with Crippen LogP contribution in [0.25, 0.3) is 11.4 Å². The minimum atomic E-state index is -0.512. The Balaban J connectivity index is 2.43. The van der Waals surface area contributed by atoms with E-state index in [4.69, 9.17) is 0 Å². The topological polar surface area (TPSA) is 109 Å². The Morgan fingerprint density at radius 1 is 1.35 bits per heavy atom. The Morgan fingerprint density at radius 2 is 2.00 bits per heavy atom. The van der Waals surface area contributed by atoms with Gasteiger partial charge in [0.2, 0.25) is 5.88 Å². The number of benzene rings is 1. The molecule has 2 aromatic rings. The van der Waals surface area contributed by atoms with Crippen molar-refractivity contribution >= 4 is 5.69 Å². The predicted molar refractivity (Wildman–Crippen MR) is 72.6 cm³/mol. The van der Waals surface area contributed by atoms with Gasteiger partial charge in [0.05, 0.1) is 10.5 Å². The van der Waals surface area contributed by atoms with Gasteiger partial charge in [0, 0.05) is 17.7 Å². The molecule has 0 spiro atoms. The van der Waals surface area contributed by atoms with E-state index in [0.717, 1.165) is 6.42 Å². The van der Waals surface area contributed by atoms with E-state index in [1.54, 1.807) is 0 Å². The summed E-state index contributed by atoms with van der Waals surface area (Å²) >= 11 is 0. The number of nitro groups is 1. The second-order valence-electron chi connectivity index (χ2n) is 4.27. The lowest BCUT2D eigenvalue weighted by molar-refractivity contribution is -0.384. The molecule has 0 saturated carbocycles. The van der Waals surface area contributed by atoms with E-state index < -0.39 is 10.5 Å². The number of aromatic amines is 1. The second-order valence-corrected chi connectivity index (χ2v) is 4.27. The molecule has 0 amide bonds. The summed E-state index contributed by atoms with van der Waals surface area (Å²) in [7, 11) is 0. The molecule has 0 fully saturated rings.